The Morgan fingerprint density at radius 1 is 0.591 bits per heavy atom. The minimum Gasteiger partial charge on any atom is -0.381 e. The SMILES string of the molecule is [CH2]C(CCCCCCCCCCCCCCCCCC)OC. The van der Waals surface area contributed by atoms with Gasteiger partial charge in [-0.1, -0.05) is 110 Å². The van der Waals surface area contributed by atoms with Gasteiger partial charge in [-0.15, -0.1) is 0 Å². The Hall–Kier alpha value is -0.0400. The summed E-state index contributed by atoms with van der Waals surface area (Å²) in [4.78, 5) is 0. The predicted molar refractivity (Wildman–Crippen MR) is 100 cm³/mol. The van der Waals surface area contributed by atoms with Crippen molar-refractivity contribution >= 4 is 0 Å². The van der Waals surface area contributed by atoms with Gasteiger partial charge in [-0.05, 0) is 13.3 Å². The highest BCUT2D eigenvalue weighted by atomic mass is 16.5. The lowest BCUT2D eigenvalue weighted by molar-refractivity contribution is 0.128. The van der Waals surface area contributed by atoms with Gasteiger partial charge in [0.15, 0.2) is 0 Å². The van der Waals surface area contributed by atoms with Crippen LogP contribution < -0.4 is 0 Å². The molecule has 0 aromatic carbocycles. The summed E-state index contributed by atoms with van der Waals surface area (Å²) in [5.74, 6) is 0. The van der Waals surface area contributed by atoms with Crippen molar-refractivity contribution < 1.29 is 4.74 Å². The topological polar surface area (TPSA) is 9.23 Å². The second-order valence-corrected chi connectivity index (χ2v) is 6.95. The quantitative estimate of drug-likeness (QED) is 0.238. The van der Waals surface area contributed by atoms with Crippen LogP contribution in [0.4, 0.5) is 0 Å². The maximum atomic E-state index is 5.16. The second kappa shape index (κ2) is 19.0. The molecule has 0 amide bonds. The zero-order valence-electron chi connectivity index (χ0n) is 15.7. The second-order valence-electron chi connectivity index (χ2n) is 6.95. The number of hydrogen-bond acceptors (Lipinski definition) is 1. The van der Waals surface area contributed by atoms with Crippen molar-refractivity contribution in [2.45, 2.75) is 122 Å². The van der Waals surface area contributed by atoms with E-state index in [9.17, 15) is 0 Å². The first-order chi connectivity index (χ1) is 10.8. The highest BCUT2D eigenvalue weighted by Crippen LogP contribution is 2.14. The zero-order valence-corrected chi connectivity index (χ0v) is 15.7. The summed E-state index contributed by atoms with van der Waals surface area (Å²) in [6.45, 7) is 6.23. The molecule has 1 unspecified atom stereocenters. The van der Waals surface area contributed by atoms with Crippen molar-refractivity contribution in [3.8, 4) is 0 Å². The molecular formula is C21H43O. The summed E-state index contributed by atoms with van der Waals surface area (Å²) in [5.41, 5.74) is 0. The molecule has 133 valence electrons. The fourth-order valence-corrected chi connectivity index (χ4v) is 3.04. The van der Waals surface area contributed by atoms with Crippen LogP contribution in [0, 0.1) is 6.92 Å². The number of methoxy groups -OCH3 is 1. The molecule has 1 heteroatoms. The van der Waals surface area contributed by atoms with Gasteiger partial charge in [0.25, 0.3) is 0 Å². The minimum atomic E-state index is 0.201. The summed E-state index contributed by atoms with van der Waals surface area (Å²) in [7, 11) is 1.75. The van der Waals surface area contributed by atoms with E-state index in [0.717, 1.165) is 6.42 Å². The maximum Gasteiger partial charge on any atom is 0.0572 e. The Kier molecular flexibility index (Phi) is 19.0. The molecule has 0 aliphatic heterocycles. The first kappa shape index (κ1) is 22.0. The van der Waals surface area contributed by atoms with Crippen molar-refractivity contribution in [2.75, 3.05) is 7.11 Å². The van der Waals surface area contributed by atoms with Gasteiger partial charge in [0.1, 0.15) is 0 Å². The molecule has 0 N–H and O–H groups in total. The Morgan fingerprint density at radius 2 is 0.909 bits per heavy atom. The van der Waals surface area contributed by atoms with Gasteiger partial charge < -0.3 is 4.74 Å². The summed E-state index contributed by atoms with van der Waals surface area (Å²) in [6.07, 6.45) is 24.2. The molecule has 0 rings (SSSR count). The summed E-state index contributed by atoms with van der Waals surface area (Å²) in [6, 6.07) is 0. The molecule has 1 nitrogen and oxygen atoms in total. The number of unbranched alkanes of at least 4 members (excludes halogenated alkanes) is 15. The third kappa shape index (κ3) is 18.0. The summed E-state index contributed by atoms with van der Waals surface area (Å²) in [5, 5.41) is 0. The maximum absolute atomic E-state index is 5.16. The van der Waals surface area contributed by atoms with Crippen molar-refractivity contribution in [2.24, 2.45) is 0 Å². The Morgan fingerprint density at radius 3 is 1.23 bits per heavy atom. The molecule has 0 aromatic heterocycles. The third-order valence-corrected chi connectivity index (χ3v) is 4.71. The lowest BCUT2D eigenvalue weighted by Gasteiger charge is -2.08. The van der Waals surface area contributed by atoms with Crippen LogP contribution in [-0.4, -0.2) is 13.2 Å². The van der Waals surface area contributed by atoms with Crippen LogP contribution in [0.25, 0.3) is 0 Å². The van der Waals surface area contributed by atoms with E-state index in [1.54, 1.807) is 7.11 Å². The van der Waals surface area contributed by atoms with E-state index in [1.807, 2.05) is 0 Å². The average Bonchev–Trinajstić information content (AvgIpc) is 2.54. The molecule has 0 saturated heterocycles. The molecule has 1 radical (unpaired) electrons. The summed E-state index contributed by atoms with van der Waals surface area (Å²) < 4.78 is 5.16. The lowest BCUT2D eigenvalue weighted by Crippen LogP contribution is -2.04. The van der Waals surface area contributed by atoms with Crippen molar-refractivity contribution in [3.05, 3.63) is 6.92 Å². The van der Waals surface area contributed by atoms with Gasteiger partial charge in [-0.3, -0.25) is 0 Å². The highest BCUT2D eigenvalue weighted by molar-refractivity contribution is 4.59. The first-order valence-electron chi connectivity index (χ1n) is 10.2. The molecule has 0 spiro atoms. The lowest BCUT2D eigenvalue weighted by atomic mass is 10.0. The van der Waals surface area contributed by atoms with Crippen LogP contribution in [0.5, 0.6) is 0 Å². The molecule has 0 heterocycles. The van der Waals surface area contributed by atoms with Crippen molar-refractivity contribution in [1.29, 1.82) is 0 Å². The van der Waals surface area contributed by atoms with Gasteiger partial charge in [-0.2, -0.15) is 0 Å². The average molecular weight is 312 g/mol. The van der Waals surface area contributed by atoms with Crippen LogP contribution >= 0.6 is 0 Å². The van der Waals surface area contributed by atoms with Crippen LogP contribution in [0.1, 0.15) is 116 Å². The normalized spacial score (nSPS) is 12.7. The largest absolute Gasteiger partial charge is 0.381 e. The van der Waals surface area contributed by atoms with E-state index in [-0.39, 0.29) is 6.10 Å². The van der Waals surface area contributed by atoms with Crippen LogP contribution in [0.3, 0.4) is 0 Å². The first-order valence-corrected chi connectivity index (χ1v) is 10.2. The molecule has 1 atom stereocenters. The molecule has 0 aliphatic rings. The monoisotopic (exact) mass is 311 g/mol. The fourth-order valence-electron chi connectivity index (χ4n) is 3.04. The predicted octanol–water partition coefficient (Wildman–Crippen LogP) is 7.49. The zero-order chi connectivity index (χ0) is 16.3. The Bertz CT molecular complexity index is 190. The molecule has 0 saturated carbocycles. The number of ether oxygens (including phenoxy) is 1. The fraction of sp³-hybridized carbons (Fsp3) is 0.952. The van der Waals surface area contributed by atoms with Gasteiger partial charge in [0.05, 0.1) is 6.10 Å². The molecule has 0 bridgehead atoms. The van der Waals surface area contributed by atoms with E-state index in [0.29, 0.717) is 0 Å². The molecular weight excluding hydrogens is 268 g/mol. The minimum absolute atomic E-state index is 0.201. The van der Waals surface area contributed by atoms with Crippen LogP contribution in [0.15, 0.2) is 0 Å². The Balaban J connectivity index is 2.97. The number of hydrogen-bond donors (Lipinski definition) is 0. The van der Waals surface area contributed by atoms with Gasteiger partial charge in [0.2, 0.25) is 0 Å². The highest BCUT2D eigenvalue weighted by Gasteiger charge is 1.98. The van der Waals surface area contributed by atoms with E-state index in [2.05, 4.69) is 13.8 Å². The van der Waals surface area contributed by atoms with Crippen molar-refractivity contribution in [1.82, 2.24) is 0 Å². The van der Waals surface area contributed by atoms with Gasteiger partial charge in [-0.25, -0.2) is 0 Å². The number of rotatable bonds is 18. The Labute approximate surface area is 141 Å². The van der Waals surface area contributed by atoms with E-state index in [1.165, 1.54) is 103 Å². The summed E-state index contributed by atoms with van der Waals surface area (Å²) >= 11 is 0. The van der Waals surface area contributed by atoms with E-state index >= 15 is 0 Å². The van der Waals surface area contributed by atoms with Crippen LogP contribution in [0.2, 0.25) is 0 Å². The molecule has 22 heavy (non-hydrogen) atoms. The molecule has 0 fully saturated rings. The van der Waals surface area contributed by atoms with Crippen molar-refractivity contribution in [3.63, 3.8) is 0 Å². The molecule has 0 aromatic rings. The van der Waals surface area contributed by atoms with Gasteiger partial charge >= 0.3 is 0 Å². The van der Waals surface area contributed by atoms with E-state index in [4.69, 9.17) is 4.74 Å². The van der Waals surface area contributed by atoms with Crippen LogP contribution in [-0.2, 0) is 4.74 Å². The smallest absolute Gasteiger partial charge is 0.0572 e. The standard InChI is InChI=1S/C21H43O/c1-4-5-6-7-8-9-10-11-12-13-14-15-16-17-18-19-20-21(2)22-3/h21H,2,4-20H2,1,3H3. The van der Waals surface area contributed by atoms with Gasteiger partial charge in [0, 0.05) is 7.11 Å². The third-order valence-electron chi connectivity index (χ3n) is 4.71. The van der Waals surface area contributed by atoms with E-state index < -0.39 is 0 Å². The molecule has 0 aliphatic carbocycles.